The lowest BCUT2D eigenvalue weighted by Crippen LogP contribution is -2.35. The monoisotopic (exact) mass is 318 g/mol. The second kappa shape index (κ2) is 6.46. The molecular formula is C12H22N4O2S2. The fourth-order valence-corrected chi connectivity index (χ4v) is 5.35. The smallest absolute Gasteiger partial charge is 0.244 e. The van der Waals surface area contributed by atoms with Gasteiger partial charge in [0.05, 0.1) is 17.9 Å². The SMILES string of the molecule is CNCCn1nc(C)c(S(=O)(=O)NC2CCSC2)c1C. The predicted octanol–water partition coefficient (Wildman–Crippen LogP) is 0.503. The maximum atomic E-state index is 12.5. The van der Waals surface area contributed by atoms with E-state index in [4.69, 9.17) is 0 Å². The summed E-state index contributed by atoms with van der Waals surface area (Å²) >= 11 is 1.79. The van der Waals surface area contributed by atoms with Crippen LogP contribution in [0.1, 0.15) is 17.8 Å². The Morgan fingerprint density at radius 3 is 2.80 bits per heavy atom. The lowest BCUT2D eigenvalue weighted by molar-refractivity contribution is 0.556. The molecule has 20 heavy (non-hydrogen) atoms. The molecule has 1 aliphatic rings. The molecule has 0 amide bonds. The molecule has 1 atom stereocenters. The van der Waals surface area contributed by atoms with Crippen molar-refractivity contribution in [2.75, 3.05) is 25.1 Å². The zero-order valence-electron chi connectivity index (χ0n) is 12.1. The third-order valence-corrected chi connectivity index (χ3v) is 6.34. The van der Waals surface area contributed by atoms with Crippen molar-refractivity contribution in [3.8, 4) is 0 Å². The molecule has 0 aliphatic carbocycles. The van der Waals surface area contributed by atoms with Gasteiger partial charge in [0.25, 0.3) is 0 Å². The molecule has 1 unspecified atom stereocenters. The van der Waals surface area contributed by atoms with Crippen molar-refractivity contribution in [2.45, 2.75) is 37.8 Å². The number of hydrogen-bond acceptors (Lipinski definition) is 5. The lowest BCUT2D eigenvalue weighted by Gasteiger charge is -2.12. The molecule has 0 aromatic carbocycles. The van der Waals surface area contributed by atoms with E-state index in [9.17, 15) is 8.42 Å². The lowest BCUT2D eigenvalue weighted by atomic mass is 10.3. The summed E-state index contributed by atoms with van der Waals surface area (Å²) in [6.07, 6.45) is 0.899. The van der Waals surface area contributed by atoms with E-state index < -0.39 is 10.0 Å². The van der Waals surface area contributed by atoms with Crippen LogP contribution in [-0.2, 0) is 16.6 Å². The van der Waals surface area contributed by atoms with Crippen LogP contribution in [-0.4, -0.2) is 49.3 Å². The maximum Gasteiger partial charge on any atom is 0.244 e. The summed E-state index contributed by atoms with van der Waals surface area (Å²) in [5.74, 6) is 1.87. The van der Waals surface area contributed by atoms with Crippen LogP contribution in [0.25, 0.3) is 0 Å². The molecule has 1 aromatic rings. The Bertz CT molecular complexity index is 562. The first-order chi connectivity index (χ1) is 9.45. The van der Waals surface area contributed by atoms with Gasteiger partial charge in [0.15, 0.2) is 0 Å². The van der Waals surface area contributed by atoms with Crippen molar-refractivity contribution in [1.29, 1.82) is 0 Å². The predicted molar refractivity (Wildman–Crippen MR) is 81.7 cm³/mol. The van der Waals surface area contributed by atoms with E-state index in [2.05, 4.69) is 15.1 Å². The molecule has 6 nitrogen and oxygen atoms in total. The maximum absolute atomic E-state index is 12.5. The first kappa shape index (κ1) is 15.8. The summed E-state index contributed by atoms with van der Waals surface area (Å²) in [5.41, 5.74) is 1.27. The average Bonchev–Trinajstić information content (AvgIpc) is 2.94. The number of nitrogens with one attached hydrogen (secondary N) is 2. The van der Waals surface area contributed by atoms with Crippen molar-refractivity contribution in [2.24, 2.45) is 0 Å². The van der Waals surface area contributed by atoms with Crippen LogP contribution in [0.2, 0.25) is 0 Å². The zero-order chi connectivity index (χ0) is 14.8. The van der Waals surface area contributed by atoms with Crippen molar-refractivity contribution in [1.82, 2.24) is 19.8 Å². The minimum Gasteiger partial charge on any atom is -0.318 e. The minimum absolute atomic E-state index is 0.0458. The highest BCUT2D eigenvalue weighted by atomic mass is 32.2. The molecule has 1 aliphatic heterocycles. The highest BCUT2D eigenvalue weighted by Crippen LogP contribution is 2.23. The first-order valence-corrected chi connectivity index (χ1v) is 9.38. The highest BCUT2D eigenvalue weighted by molar-refractivity contribution is 7.99. The Morgan fingerprint density at radius 2 is 2.20 bits per heavy atom. The van der Waals surface area contributed by atoms with Crippen LogP contribution >= 0.6 is 11.8 Å². The van der Waals surface area contributed by atoms with Gasteiger partial charge in [-0.2, -0.15) is 16.9 Å². The van der Waals surface area contributed by atoms with Crippen LogP contribution in [0.4, 0.5) is 0 Å². The molecule has 2 rings (SSSR count). The normalized spacial score (nSPS) is 19.6. The second-order valence-electron chi connectivity index (χ2n) is 5.01. The summed E-state index contributed by atoms with van der Waals surface area (Å²) in [6.45, 7) is 4.99. The van der Waals surface area contributed by atoms with Crippen LogP contribution in [0, 0.1) is 13.8 Å². The third-order valence-electron chi connectivity index (χ3n) is 3.41. The van der Waals surface area contributed by atoms with Gasteiger partial charge in [-0.15, -0.1) is 0 Å². The van der Waals surface area contributed by atoms with Crippen molar-refractivity contribution < 1.29 is 8.42 Å². The fraction of sp³-hybridized carbons (Fsp3) is 0.750. The third kappa shape index (κ3) is 3.36. The summed E-state index contributed by atoms with van der Waals surface area (Å²) in [5, 5.41) is 7.38. The summed E-state index contributed by atoms with van der Waals surface area (Å²) in [7, 11) is -1.61. The number of hydrogen-bond donors (Lipinski definition) is 2. The Kier molecular flexibility index (Phi) is 5.11. The minimum atomic E-state index is -3.48. The van der Waals surface area contributed by atoms with Crippen molar-refractivity contribution >= 4 is 21.8 Å². The van der Waals surface area contributed by atoms with E-state index in [1.165, 1.54) is 0 Å². The van der Waals surface area contributed by atoms with E-state index in [-0.39, 0.29) is 6.04 Å². The fourth-order valence-electron chi connectivity index (χ4n) is 2.41. The number of aryl methyl sites for hydroxylation is 1. The van der Waals surface area contributed by atoms with Crippen LogP contribution in [0.5, 0.6) is 0 Å². The van der Waals surface area contributed by atoms with E-state index >= 15 is 0 Å². The molecule has 0 bridgehead atoms. The Labute approximate surface area is 124 Å². The largest absolute Gasteiger partial charge is 0.318 e. The molecule has 1 fully saturated rings. The van der Waals surface area contributed by atoms with Crippen molar-refractivity contribution in [3.63, 3.8) is 0 Å². The Balaban J connectivity index is 2.24. The van der Waals surface area contributed by atoms with Gasteiger partial charge in [-0.25, -0.2) is 13.1 Å². The highest BCUT2D eigenvalue weighted by Gasteiger charge is 2.28. The van der Waals surface area contributed by atoms with E-state index in [0.717, 1.165) is 24.5 Å². The Morgan fingerprint density at radius 1 is 1.45 bits per heavy atom. The standard InChI is InChI=1S/C12H22N4O2S2/c1-9-12(10(2)16(14-9)6-5-13-3)20(17,18)15-11-4-7-19-8-11/h11,13,15H,4-8H2,1-3H3. The molecule has 2 heterocycles. The summed E-state index contributed by atoms with van der Waals surface area (Å²) in [4.78, 5) is 0.338. The molecular weight excluding hydrogens is 296 g/mol. The molecule has 0 saturated carbocycles. The van der Waals surface area contributed by atoms with Gasteiger partial charge in [0, 0.05) is 18.3 Å². The Hall–Kier alpha value is -0.570. The van der Waals surface area contributed by atoms with E-state index in [1.54, 1.807) is 23.4 Å². The molecule has 2 N–H and O–H groups in total. The zero-order valence-corrected chi connectivity index (χ0v) is 13.8. The molecule has 114 valence electrons. The molecule has 8 heteroatoms. The number of likely N-dealkylation sites (N-methyl/N-ethyl adjacent to an activating group) is 1. The van der Waals surface area contributed by atoms with Crippen LogP contribution in [0.3, 0.4) is 0 Å². The molecule has 1 aromatic heterocycles. The number of thioether (sulfide) groups is 1. The average molecular weight is 318 g/mol. The molecule has 0 spiro atoms. The van der Waals surface area contributed by atoms with Gasteiger partial charge in [0.2, 0.25) is 10.0 Å². The molecule has 0 radical (unpaired) electrons. The number of nitrogens with zero attached hydrogens (tertiary/aromatic N) is 2. The summed E-state index contributed by atoms with van der Waals surface area (Å²) < 4.78 is 29.6. The first-order valence-electron chi connectivity index (χ1n) is 6.74. The van der Waals surface area contributed by atoms with E-state index in [1.807, 2.05) is 14.0 Å². The topological polar surface area (TPSA) is 76.0 Å². The molecule has 1 saturated heterocycles. The van der Waals surface area contributed by atoms with Crippen LogP contribution < -0.4 is 10.0 Å². The number of sulfonamides is 1. The van der Waals surface area contributed by atoms with Gasteiger partial charge >= 0.3 is 0 Å². The number of rotatable bonds is 6. The van der Waals surface area contributed by atoms with Gasteiger partial charge < -0.3 is 5.32 Å². The summed E-state index contributed by atoms with van der Waals surface area (Å²) in [6, 6.07) is 0.0458. The van der Waals surface area contributed by atoms with Gasteiger partial charge in [-0.05, 0) is 33.1 Å². The van der Waals surface area contributed by atoms with Gasteiger partial charge in [0.1, 0.15) is 4.90 Å². The number of aromatic nitrogens is 2. The van der Waals surface area contributed by atoms with Gasteiger partial charge in [-0.1, -0.05) is 0 Å². The quantitative estimate of drug-likeness (QED) is 0.799. The second-order valence-corrected chi connectivity index (χ2v) is 7.81. The van der Waals surface area contributed by atoms with Crippen molar-refractivity contribution in [3.05, 3.63) is 11.4 Å². The van der Waals surface area contributed by atoms with Crippen LogP contribution in [0.15, 0.2) is 4.90 Å². The van der Waals surface area contributed by atoms with Gasteiger partial charge in [-0.3, -0.25) is 4.68 Å². The van der Waals surface area contributed by atoms with E-state index in [0.29, 0.717) is 22.8 Å².